The predicted octanol–water partition coefficient (Wildman–Crippen LogP) is 3.63. The molecule has 47 heavy (non-hydrogen) atoms. The predicted molar refractivity (Wildman–Crippen MR) is 172 cm³/mol. The maximum Gasteiger partial charge on any atom is 0.269 e. The number of carbonyl (C=O) groups is 3. The molecule has 0 radical (unpaired) electrons. The van der Waals surface area contributed by atoms with Gasteiger partial charge in [-0.3, -0.25) is 23.9 Å². The lowest BCUT2D eigenvalue weighted by Crippen LogP contribution is -2.44. The number of nitrogens with two attached hydrogens (primary N) is 1. The first-order valence-electron chi connectivity index (χ1n) is 15.7. The Morgan fingerprint density at radius 3 is 2.64 bits per heavy atom. The van der Waals surface area contributed by atoms with Crippen LogP contribution >= 0.6 is 0 Å². The van der Waals surface area contributed by atoms with Gasteiger partial charge in [0, 0.05) is 35.3 Å². The average Bonchev–Trinajstić information content (AvgIpc) is 3.77. The third-order valence-electron chi connectivity index (χ3n) is 9.33. The molecule has 5 heterocycles. The third-order valence-corrected chi connectivity index (χ3v) is 9.33. The molecule has 1 aliphatic carbocycles. The number of likely N-dealkylation sites (tertiary alicyclic amines) is 1. The molecule has 4 aromatic heterocycles. The summed E-state index contributed by atoms with van der Waals surface area (Å²) in [6.07, 6.45) is 8.18. The molecule has 2 fully saturated rings. The number of hydrogen-bond acceptors (Lipinski definition) is 7. The summed E-state index contributed by atoms with van der Waals surface area (Å²) in [5, 5.41) is 15.6. The molecule has 1 saturated heterocycles. The Balaban J connectivity index is 1.14. The monoisotopic (exact) mass is 639 g/mol. The van der Waals surface area contributed by atoms with Crippen molar-refractivity contribution in [2.24, 2.45) is 5.73 Å². The number of aryl methyl sites for hydroxylation is 1. The molecule has 5 aromatic rings. The number of amides is 3. The average molecular weight is 640 g/mol. The van der Waals surface area contributed by atoms with E-state index in [0.717, 1.165) is 48.9 Å². The van der Waals surface area contributed by atoms with Crippen LogP contribution in [0, 0.1) is 6.92 Å². The number of pyridine rings is 1. The van der Waals surface area contributed by atoms with Gasteiger partial charge in [-0.05, 0) is 49.6 Å². The topological polar surface area (TPSA) is 174 Å². The highest BCUT2D eigenvalue weighted by Gasteiger charge is 2.40. The number of aromatic amines is 1. The van der Waals surface area contributed by atoms with Crippen LogP contribution in [-0.2, 0) is 16.1 Å². The zero-order valence-electron chi connectivity index (χ0n) is 25.8. The first-order valence-corrected chi connectivity index (χ1v) is 15.7. The maximum atomic E-state index is 14.8. The van der Waals surface area contributed by atoms with E-state index in [1.54, 1.807) is 42.9 Å². The van der Waals surface area contributed by atoms with E-state index in [4.69, 9.17) is 5.73 Å². The summed E-state index contributed by atoms with van der Waals surface area (Å²) in [7, 11) is 0. The number of alkyl halides is 1. The van der Waals surface area contributed by atoms with Gasteiger partial charge in [-0.25, -0.2) is 4.39 Å². The van der Waals surface area contributed by atoms with Crippen molar-refractivity contribution in [1.82, 2.24) is 34.4 Å². The van der Waals surface area contributed by atoms with Crippen LogP contribution in [0.3, 0.4) is 0 Å². The second-order valence-electron chi connectivity index (χ2n) is 12.4. The number of nitrogens with zero attached hydrogens (tertiary/aromatic N) is 6. The van der Waals surface area contributed by atoms with Crippen molar-refractivity contribution in [2.75, 3.05) is 11.9 Å². The van der Waals surface area contributed by atoms with E-state index >= 15 is 0 Å². The molecule has 2 aliphatic rings. The van der Waals surface area contributed by atoms with Crippen molar-refractivity contribution >= 4 is 45.2 Å². The minimum atomic E-state index is -1.42. The van der Waals surface area contributed by atoms with Crippen LogP contribution in [-0.4, -0.2) is 70.9 Å². The highest BCUT2D eigenvalue weighted by molar-refractivity contribution is 6.06. The minimum absolute atomic E-state index is 0.0239. The SMILES string of the molecule is Cc1cc2[nH]cc(NC(=O)C3CC(F)CN3C(=O)Cn3nc(C(N)=O)c4cc(-c5ccnnc5)ccc43)c2c(=O)n1C1CCCCC1. The van der Waals surface area contributed by atoms with Crippen molar-refractivity contribution in [1.29, 1.82) is 0 Å². The summed E-state index contributed by atoms with van der Waals surface area (Å²) in [6, 6.07) is 7.88. The summed E-state index contributed by atoms with van der Waals surface area (Å²) in [5.74, 6) is -1.92. The van der Waals surface area contributed by atoms with Crippen molar-refractivity contribution in [3.8, 4) is 11.1 Å². The van der Waals surface area contributed by atoms with Gasteiger partial charge in [-0.2, -0.15) is 15.3 Å². The molecule has 0 spiro atoms. The summed E-state index contributed by atoms with van der Waals surface area (Å²) in [5.41, 5.74) is 9.12. The molecule has 7 rings (SSSR count). The zero-order valence-corrected chi connectivity index (χ0v) is 25.8. The quantitative estimate of drug-likeness (QED) is 0.244. The van der Waals surface area contributed by atoms with Gasteiger partial charge in [0.05, 0.1) is 41.0 Å². The smallest absolute Gasteiger partial charge is 0.269 e. The van der Waals surface area contributed by atoms with Gasteiger partial charge < -0.3 is 25.5 Å². The fraction of sp³-hybridized carbons (Fsp3) is 0.364. The third kappa shape index (κ3) is 5.53. The molecule has 1 aliphatic heterocycles. The number of halogens is 1. The molecule has 1 saturated carbocycles. The van der Waals surface area contributed by atoms with Gasteiger partial charge in [0.15, 0.2) is 5.69 Å². The number of aromatic nitrogens is 6. The Hall–Kier alpha value is -5.40. The largest absolute Gasteiger partial charge is 0.364 e. The summed E-state index contributed by atoms with van der Waals surface area (Å²) in [4.78, 5) is 57.6. The van der Waals surface area contributed by atoms with Crippen LogP contribution in [0.15, 0.2) is 53.7 Å². The summed E-state index contributed by atoms with van der Waals surface area (Å²) in [6.45, 7) is 1.28. The molecule has 2 atom stereocenters. The van der Waals surface area contributed by atoms with E-state index in [2.05, 4.69) is 25.6 Å². The lowest BCUT2D eigenvalue weighted by atomic mass is 9.94. The number of nitrogens with one attached hydrogen (secondary N) is 2. The van der Waals surface area contributed by atoms with E-state index in [9.17, 15) is 23.6 Å². The van der Waals surface area contributed by atoms with Crippen LogP contribution in [0.1, 0.15) is 60.7 Å². The molecule has 1 aromatic carbocycles. The zero-order chi connectivity index (χ0) is 32.8. The van der Waals surface area contributed by atoms with E-state index in [0.29, 0.717) is 27.5 Å². The van der Waals surface area contributed by atoms with Gasteiger partial charge in [-0.1, -0.05) is 25.3 Å². The number of primary amides is 1. The second kappa shape index (κ2) is 12.1. The Morgan fingerprint density at radius 1 is 1.09 bits per heavy atom. The number of anilines is 1. The maximum absolute atomic E-state index is 14.8. The molecule has 2 unspecified atom stereocenters. The normalized spacial score (nSPS) is 18.6. The van der Waals surface area contributed by atoms with Crippen LogP contribution in [0.25, 0.3) is 32.9 Å². The minimum Gasteiger partial charge on any atom is -0.364 e. The lowest BCUT2D eigenvalue weighted by molar-refractivity contribution is -0.137. The van der Waals surface area contributed by atoms with Gasteiger partial charge in [0.1, 0.15) is 18.8 Å². The van der Waals surface area contributed by atoms with E-state index < -0.39 is 29.9 Å². The second-order valence-corrected chi connectivity index (χ2v) is 12.4. The van der Waals surface area contributed by atoms with Crippen LogP contribution < -0.4 is 16.6 Å². The lowest BCUT2D eigenvalue weighted by Gasteiger charge is -2.26. The first-order chi connectivity index (χ1) is 22.7. The molecule has 0 bridgehead atoms. The Morgan fingerprint density at radius 2 is 1.89 bits per heavy atom. The molecular weight excluding hydrogens is 605 g/mol. The van der Waals surface area contributed by atoms with Crippen molar-refractivity contribution < 1.29 is 18.8 Å². The molecule has 242 valence electrons. The van der Waals surface area contributed by atoms with Crippen molar-refractivity contribution in [3.05, 3.63) is 70.7 Å². The number of benzene rings is 1. The Labute approximate surface area is 267 Å². The standard InChI is InChI=1S/C33H34FN9O4/c1-18-11-24-29(33(47)43(18)22-5-3-2-4-6-22)25(15-36-24)39-32(46)27-13-21(34)16-41(27)28(44)17-42-26-8-7-19(20-9-10-37-38-14-20)12-23(26)30(40-42)31(35)45/h7-12,14-15,21-22,27,36H,2-6,13,16-17H2,1H3,(H2,35,45)(H,39,46). The van der Waals surface area contributed by atoms with Crippen LogP contribution in [0.2, 0.25) is 0 Å². The number of H-pyrrole nitrogens is 1. The molecule has 4 N–H and O–H groups in total. The van der Waals surface area contributed by atoms with E-state index in [1.807, 2.05) is 17.6 Å². The molecular formula is C33H34FN9O4. The van der Waals surface area contributed by atoms with Crippen molar-refractivity contribution in [2.45, 2.75) is 70.2 Å². The van der Waals surface area contributed by atoms with Gasteiger partial charge in [0.25, 0.3) is 11.5 Å². The van der Waals surface area contributed by atoms with Crippen LogP contribution in [0.5, 0.6) is 0 Å². The molecule has 13 nitrogen and oxygen atoms in total. The number of rotatable bonds is 7. The number of hydrogen-bond donors (Lipinski definition) is 3. The molecule has 3 amide bonds. The fourth-order valence-corrected chi connectivity index (χ4v) is 7.10. The Bertz CT molecular complexity index is 2080. The highest BCUT2D eigenvalue weighted by atomic mass is 19.1. The van der Waals surface area contributed by atoms with Gasteiger partial charge in [0.2, 0.25) is 11.8 Å². The fourth-order valence-electron chi connectivity index (χ4n) is 7.10. The number of fused-ring (bicyclic) bond motifs is 2. The van der Waals surface area contributed by atoms with E-state index in [1.165, 1.54) is 9.58 Å². The van der Waals surface area contributed by atoms with E-state index in [-0.39, 0.29) is 36.8 Å². The number of carbonyl (C=O) groups excluding carboxylic acids is 3. The van der Waals surface area contributed by atoms with Gasteiger partial charge >= 0.3 is 0 Å². The first kappa shape index (κ1) is 30.3. The van der Waals surface area contributed by atoms with Gasteiger partial charge in [-0.15, -0.1) is 0 Å². The van der Waals surface area contributed by atoms with Crippen LogP contribution in [0.4, 0.5) is 10.1 Å². The summed E-state index contributed by atoms with van der Waals surface area (Å²) >= 11 is 0. The van der Waals surface area contributed by atoms with Crippen molar-refractivity contribution in [3.63, 3.8) is 0 Å². The Kier molecular flexibility index (Phi) is 7.78. The highest BCUT2D eigenvalue weighted by Crippen LogP contribution is 2.31. The summed E-state index contributed by atoms with van der Waals surface area (Å²) < 4.78 is 18.0. The molecule has 14 heteroatoms.